The highest BCUT2D eigenvalue weighted by molar-refractivity contribution is 5.09. The van der Waals surface area contributed by atoms with Crippen LogP contribution in [0.3, 0.4) is 0 Å². The first kappa shape index (κ1) is 19.1. The first-order valence-electron chi connectivity index (χ1n) is 10.9. The van der Waals surface area contributed by atoms with Crippen LogP contribution in [0.1, 0.15) is 84.5 Å². The molecule has 4 fully saturated rings. The maximum atomic E-state index is 12.9. The van der Waals surface area contributed by atoms with Crippen molar-refractivity contribution in [1.82, 2.24) is 0 Å². The molecule has 26 heavy (non-hydrogen) atoms. The van der Waals surface area contributed by atoms with Gasteiger partial charge in [-0.15, -0.1) is 0 Å². The molecule has 150 valence electrons. The fourth-order valence-corrected chi connectivity index (χ4v) is 8.19. The molecule has 0 saturated heterocycles. The van der Waals surface area contributed by atoms with Crippen LogP contribution in [0.15, 0.2) is 0 Å². The molecular formula is C22H35F3O. The van der Waals surface area contributed by atoms with Crippen molar-refractivity contribution in [2.75, 3.05) is 0 Å². The van der Waals surface area contributed by atoms with E-state index in [-0.39, 0.29) is 17.8 Å². The fourth-order valence-electron chi connectivity index (χ4n) is 8.19. The Morgan fingerprint density at radius 1 is 0.885 bits per heavy atom. The Kier molecular flexibility index (Phi) is 4.69. The van der Waals surface area contributed by atoms with E-state index in [1.807, 2.05) is 0 Å². The second-order valence-corrected chi connectivity index (χ2v) is 10.5. The van der Waals surface area contributed by atoms with Gasteiger partial charge in [-0.2, -0.15) is 13.2 Å². The standard InChI is InChI=1S/C22H35F3O/c1-20-11-4-3-5-14(20)6-8-16-17-9-7-15(13-19(26)22(23,24)25)21(17,2)12-10-18(16)20/h14-19,26H,3-13H2,1-2H3/t14?,15-,16?,17?,18?,19?,20?,21?/m1/s1. The van der Waals surface area contributed by atoms with Crippen LogP contribution >= 0.6 is 0 Å². The van der Waals surface area contributed by atoms with Crippen molar-refractivity contribution in [2.24, 2.45) is 40.4 Å². The second-order valence-electron chi connectivity index (χ2n) is 10.5. The van der Waals surface area contributed by atoms with Crippen molar-refractivity contribution in [2.45, 2.75) is 96.8 Å². The van der Waals surface area contributed by atoms with Crippen LogP contribution in [0.2, 0.25) is 0 Å². The Hall–Kier alpha value is -0.250. The van der Waals surface area contributed by atoms with E-state index in [0.29, 0.717) is 17.3 Å². The first-order valence-corrected chi connectivity index (χ1v) is 10.9. The smallest absolute Gasteiger partial charge is 0.384 e. The lowest BCUT2D eigenvalue weighted by Gasteiger charge is -2.60. The molecular weight excluding hydrogens is 337 g/mol. The highest BCUT2D eigenvalue weighted by atomic mass is 19.4. The van der Waals surface area contributed by atoms with Crippen LogP contribution < -0.4 is 0 Å². The van der Waals surface area contributed by atoms with Crippen molar-refractivity contribution >= 4 is 0 Å². The summed E-state index contributed by atoms with van der Waals surface area (Å²) in [5.41, 5.74) is 0.483. The Balaban J connectivity index is 1.53. The third-order valence-electron chi connectivity index (χ3n) is 9.67. The zero-order valence-corrected chi connectivity index (χ0v) is 16.3. The summed E-state index contributed by atoms with van der Waals surface area (Å²) in [6.45, 7) is 4.79. The van der Waals surface area contributed by atoms with E-state index in [2.05, 4.69) is 13.8 Å². The normalized spacial score (nSPS) is 49.8. The van der Waals surface area contributed by atoms with Gasteiger partial charge in [0.2, 0.25) is 0 Å². The molecule has 0 aliphatic heterocycles. The molecule has 0 heterocycles. The molecule has 0 aromatic rings. The molecule has 4 aliphatic carbocycles. The van der Waals surface area contributed by atoms with E-state index in [9.17, 15) is 18.3 Å². The lowest BCUT2D eigenvalue weighted by atomic mass is 9.45. The van der Waals surface area contributed by atoms with Gasteiger partial charge < -0.3 is 5.11 Å². The lowest BCUT2D eigenvalue weighted by Crippen LogP contribution is -2.53. The molecule has 0 radical (unpaired) electrons. The largest absolute Gasteiger partial charge is 0.414 e. The molecule has 8 atom stereocenters. The zero-order valence-electron chi connectivity index (χ0n) is 16.3. The average Bonchev–Trinajstić information content (AvgIpc) is 2.90. The van der Waals surface area contributed by atoms with Gasteiger partial charge in [0.15, 0.2) is 0 Å². The summed E-state index contributed by atoms with van der Waals surface area (Å²) in [5, 5.41) is 9.65. The zero-order chi connectivity index (χ0) is 18.7. The maximum absolute atomic E-state index is 12.9. The number of aliphatic hydroxyl groups is 1. The van der Waals surface area contributed by atoms with Crippen LogP contribution in [0.4, 0.5) is 13.2 Å². The van der Waals surface area contributed by atoms with Gasteiger partial charge in [0.05, 0.1) is 0 Å². The number of hydrogen-bond acceptors (Lipinski definition) is 1. The number of hydrogen-bond donors (Lipinski definition) is 1. The molecule has 0 bridgehead atoms. The van der Waals surface area contributed by atoms with Crippen LogP contribution in [0.5, 0.6) is 0 Å². The van der Waals surface area contributed by atoms with E-state index >= 15 is 0 Å². The molecule has 0 aromatic carbocycles. The summed E-state index contributed by atoms with van der Waals surface area (Å²) in [6, 6.07) is 0. The molecule has 4 rings (SSSR count). The predicted molar refractivity (Wildman–Crippen MR) is 96.5 cm³/mol. The minimum absolute atomic E-state index is 0.00522. The van der Waals surface area contributed by atoms with Crippen LogP contribution in [0, 0.1) is 40.4 Å². The van der Waals surface area contributed by atoms with E-state index < -0.39 is 12.3 Å². The van der Waals surface area contributed by atoms with Crippen molar-refractivity contribution < 1.29 is 18.3 Å². The molecule has 4 saturated carbocycles. The number of halogens is 3. The SMILES string of the molecule is CC12CCCCC1CCC1C2CCC2(C)C1CC[C@@H]2CC(O)C(F)(F)F. The number of rotatable bonds is 2. The maximum Gasteiger partial charge on any atom is 0.414 e. The molecule has 4 heteroatoms. The van der Waals surface area contributed by atoms with E-state index in [0.717, 1.165) is 31.1 Å². The van der Waals surface area contributed by atoms with E-state index in [4.69, 9.17) is 0 Å². The van der Waals surface area contributed by atoms with Gasteiger partial charge >= 0.3 is 6.18 Å². The summed E-state index contributed by atoms with van der Waals surface area (Å²) in [4.78, 5) is 0. The topological polar surface area (TPSA) is 20.2 Å². The second kappa shape index (κ2) is 6.39. The van der Waals surface area contributed by atoms with Gasteiger partial charge in [-0.05, 0) is 98.2 Å². The van der Waals surface area contributed by atoms with Crippen LogP contribution in [0.25, 0.3) is 0 Å². The van der Waals surface area contributed by atoms with Crippen molar-refractivity contribution in [3.8, 4) is 0 Å². The summed E-state index contributed by atoms with van der Waals surface area (Å²) < 4.78 is 38.7. The number of aliphatic hydroxyl groups excluding tert-OH is 1. The quantitative estimate of drug-likeness (QED) is 0.599. The van der Waals surface area contributed by atoms with Gasteiger partial charge in [0.1, 0.15) is 6.10 Å². The summed E-state index contributed by atoms with van der Waals surface area (Å²) in [7, 11) is 0. The first-order chi connectivity index (χ1) is 12.2. The van der Waals surface area contributed by atoms with Gasteiger partial charge in [0, 0.05) is 0 Å². The van der Waals surface area contributed by atoms with Gasteiger partial charge in [-0.1, -0.05) is 26.7 Å². The summed E-state index contributed by atoms with van der Waals surface area (Å²) in [5.74, 6) is 2.98. The minimum atomic E-state index is -4.47. The van der Waals surface area contributed by atoms with Gasteiger partial charge in [0.25, 0.3) is 0 Å². The van der Waals surface area contributed by atoms with Crippen LogP contribution in [-0.4, -0.2) is 17.4 Å². The third-order valence-corrected chi connectivity index (χ3v) is 9.67. The molecule has 1 nitrogen and oxygen atoms in total. The van der Waals surface area contributed by atoms with Crippen molar-refractivity contribution in [3.63, 3.8) is 0 Å². The Bertz CT molecular complexity index is 532. The molecule has 0 amide bonds. The lowest BCUT2D eigenvalue weighted by molar-refractivity contribution is -0.212. The molecule has 0 spiro atoms. The number of alkyl halides is 3. The molecule has 4 aliphatic rings. The molecule has 1 N–H and O–H groups in total. The fraction of sp³-hybridized carbons (Fsp3) is 1.00. The average molecular weight is 373 g/mol. The Morgan fingerprint density at radius 3 is 2.35 bits per heavy atom. The Morgan fingerprint density at radius 2 is 1.62 bits per heavy atom. The minimum Gasteiger partial charge on any atom is -0.384 e. The number of fused-ring (bicyclic) bond motifs is 5. The van der Waals surface area contributed by atoms with Crippen molar-refractivity contribution in [1.29, 1.82) is 0 Å². The van der Waals surface area contributed by atoms with E-state index in [1.54, 1.807) is 0 Å². The van der Waals surface area contributed by atoms with E-state index in [1.165, 1.54) is 44.9 Å². The molecule has 7 unspecified atom stereocenters. The predicted octanol–water partition coefficient (Wildman–Crippen LogP) is 6.35. The third kappa shape index (κ3) is 2.84. The summed E-state index contributed by atoms with van der Waals surface area (Å²) in [6.07, 6.45) is 5.63. The van der Waals surface area contributed by atoms with Gasteiger partial charge in [-0.3, -0.25) is 0 Å². The molecule has 0 aromatic heterocycles. The highest BCUT2D eigenvalue weighted by Gasteiger charge is 2.60. The van der Waals surface area contributed by atoms with Gasteiger partial charge in [-0.25, -0.2) is 0 Å². The van der Waals surface area contributed by atoms with Crippen LogP contribution in [-0.2, 0) is 0 Å². The monoisotopic (exact) mass is 372 g/mol. The summed E-state index contributed by atoms with van der Waals surface area (Å²) >= 11 is 0. The van der Waals surface area contributed by atoms with Crippen molar-refractivity contribution in [3.05, 3.63) is 0 Å². The Labute approximate surface area is 156 Å². The highest BCUT2D eigenvalue weighted by Crippen LogP contribution is 2.68.